The number of fused-ring (bicyclic) bond motifs is 1. The molecule has 1 aromatic rings. The van der Waals surface area contributed by atoms with E-state index >= 15 is 0 Å². The minimum absolute atomic E-state index is 0.0460. The second kappa shape index (κ2) is 7.20. The van der Waals surface area contributed by atoms with Crippen LogP contribution in [0.1, 0.15) is 31.6 Å². The fourth-order valence-corrected chi connectivity index (χ4v) is 4.18. The molecule has 2 aliphatic rings. The highest BCUT2D eigenvalue weighted by Crippen LogP contribution is 2.26. The van der Waals surface area contributed by atoms with Crippen LogP contribution in [0.4, 0.5) is 4.79 Å². The largest absolute Gasteiger partial charge is 0.373 e. The summed E-state index contributed by atoms with van der Waals surface area (Å²) in [7, 11) is 0. The van der Waals surface area contributed by atoms with Gasteiger partial charge in [-0.2, -0.15) is 0 Å². The lowest BCUT2D eigenvalue weighted by atomic mass is 9.91. The van der Waals surface area contributed by atoms with E-state index in [0.717, 1.165) is 13.2 Å². The van der Waals surface area contributed by atoms with Crippen LogP contribution in [0.25, 0.3) is 0 Å². The third-order valence-electron chi connectivity index (χ3n) is 4.83. The Hall–Kier alpha value is -1.11. The van der Waals surface area contributed by atoms with E-state index < -0.39 is 0 Å². The van der Waals surface area contributed by atoms with Gasteiger partial charge in [0.1, 0.15) is 0 Å². The second-order valence-corrected chi connectivity index (χ2v) is 8.12. The first-order valence-electron chi connectivity index (χ1n) is 8.46. The molecule has 3 heterocycles. The van der Waals surface area contributed by atoms with Gasteiger partial charge in [-0.1, -0.05) is 19.9 Å². The zero-order valence-corrected chi connectivity index (χ0v) is 14.8. The number of thiophene rings is 1. The number of hydrogen-bond donors (Lipinski definition) is 2. The Morgan fingerprint density at radius 3 is 3.13 bits per heavy atom. The van der Waals surface area contributed by atoms with E-state index in [2.05, 4.69) is 40.8 Å². The molecule has 3 rings (SSSR count). The molecule has 0 aromatic carbocycles. The van der Waals surface area contributed by atoms with Crippen molar-refractivity contribution in [1.82, 2.24) is 15.5 Å². The zero-order chi connectivity index (χ0) is 16.3. The summed E-state index contributed by atoms with van der Waals surface area (Å²) in [6.45, 7) is 8.41. The molecule has 0 unspecified atom stereocenters. The van der Waals surface area contributed by atoms with Crippen LogP contribution < -0.4 is 10.6 Å². The van der Waals surface area contributed by atoms with Crippen molar-refractivity contribution in [2.45, 2.75) is 44.2 Å². The van der Waals surface area contributed by atoms with Crippen LogP contribution in [-0.2, 0) is 10.2 Å². The van der Waals surface area contributed by atoms with E-state index in [4.69, 9.17) is 4.74 Å². The average Bonchev–Trinajstić information content (AvgIpc) is 3.21. The fraction of sp³-hybridized carbons (Fsp3) is 0.706. The van der Waals surface area contributed by atoms with Gasteiger partial charge in [0.2, 0.25) is 0 Å². The molecule has 5 nitrogen and oxygen atoms in total. The number of amides is 2. The Kier molecular flexibility index (Phi) is 5.24. The molecular weight excluding hydrogens is 310 g/mol. The fourth-order valence-electron chi connectivity index (χ4n) is 3.33. The van der Waals surface area contributed by atoms with Gasteiger partial charge in [0, 0.05) is 36.0 Å². The van der Waals surface area contributed by atoms with Gasteiger partial charge in [-0.3, -0.25) is 4.90 Å². The van der Waals surface area contributed by atoms with Crippen LogP contribution in [0.3, 0.4) is 0 Å². The monoisotopic (exact) mass is 337 g/mol. The number of nitrogens with one attached hydrogen (secondary N) is 2. The number of carbonyl (C=O) groups excluding carboxylic acids is 1. The van der Waals surface area contributed by atoms with Crippen molar-refractivity contribution in [2.24, 2.45) is 0 Å². The van der Waals surface area contributed by atoms with E-state index in [1.807, 2.05) is 6.07 Å². The molecule has 0 spiro atoms. The van der Waals surface area contributed by atoms with Crippen molar-refractivity contribution in [1.29, 1.82) is 0 Å². The predicted octanol–water partition coefficient (Wildman–Crippen LogP) is 2.19. The van der Waals surface area contributed by atoms with Crippen LogP contribution >= 0.6 is 11.3 Å². The normalized spacial score (nSPS) is 25.1. The first-order chi connectivity index (χ1) is 11.0. The van der Waals surface area contributed by atoms with Crippen molar-refractivity contribution in [3.05, 3.63) is 22.4 Å². The Morgan fingerprint density at radius 1 is 1.48 bits per heavy atom. The molecular formula is C17H27N3O2S. The van der Waals surface area contributed by atoms with Crippen molar-refractivity contribution >= 4 is 17.4 Å². The zero-order valence-electron chi connectivity index (χ0n) is 14.0. The number of morpholine rings is 1. The van der Waals surface area contributed by atoms with Gasteiger partial charge < -0.3 is 15.4 Å². The SMILES string of the molecule is CC(C)(CNC(=O)NC[C@H]1CN2CCC[C@@H]2CO1)c1cccs1. The lowest BCUT2D eigenvalue weighted by Gasteiger charge is -2.35. The third kappa shape index (κ3) is 4.25. The van der Waals surface area contributed by atoms with Gasteiger partial charge in [-0.05, 0) is 30.8 Å². The molecule has 0 radical (unpaired) electrons. The van der Waals surface area contributed by atoms with Crippen molar-refractivity contribution in [3.63, 3.8) is 0 Å². The minimum Gasteiger partial charge on any atom is -0.373 e. The molecule has 2 amide bonds. The third-order valence-corrected chi connectivity index (χ3v) is 6.07. The smallest absolute Gasteiger partial charge is 0.314 e. The highest BCUT2D eigenvalue weighted by molar-refractivity contribution is 7.10. The van der Waals surface area contributed by atoms with Crippen LogP contribution in [0, 0.1) is 0 Å². The molecule has 2 fully saturated rings. The molecule has 2 aliphatic heterocycles. The standard InChI is InChI=1S/C17H27N3O2S/c1-17(2,15-6-4-8-23-15)12-19-16(21)18-9-14-10-20-7-3-5-13(20)11-22-14/h4,6,8,13-14H,3,5,7,9-12H2,1-2H3,(H2,18,19,21)/t13-,14+/m1/s1. The number of carbonyl (C=O) groups is 1. The Morgan fingerprint density at radius 2 is 2.35 bits per heavy atom. The average molecular weight is 337 g/mol. The Balaban J connectivity index is 1.38. The van der Waals surface area contributed by atoms with Crippen molar-refractivity contribution < 1.29 is 9.53 Å². The van der Waals surface area contributed by atoms with Crippen molar-refractivity contribution in [3.8, 4) is 0 Å². The molecule has 0 aliphatic carbocycles. The predicted molar refractivity (Wildman–Crippen MR) is 93.1 cm³/mol. The summed E-state index contributed by atoms with van der Waals surface area (Å²) in [5.74, 6) is 0. The lowest BCUT2D eigenvalue weighted by molar-refractivity contribution is -0.0457. The van der Waals surface area contributed by atoms with Crippen LogP contribution in [0.2, 0.25) is 0 Å². The lowest BCUT2D eigenvalue weighted by Crippen LogP contribution is -2.51. The number of rotatable bonds is 5. The quantitative estimate of drug-likeness (QED) is 0.866. The van der Waals surface area contributed by atoms with Crippen LogP contribution in [0.5, 0.6) is 0 Å². The first-order valence-corrected chi connectivity index (χ1v) is 9.34. The highest BCUT2D eigenvalue weighted by Gasteiger charge is 2.32. The van der Waals surface area contributed by atoms with Gasteiger partial charge in [0.25, 0.3) is 0 Å². The highest BCUT2D eigenvalue weighted by atomic mass is 32.1. The summed E-state index contributed by atoms with van der Waals surface area (Å²) in [5.41, 5.74) is -0.0460. The van der Waals surface area contributed by atoms with E-state index in [9.17, 15) is 4.79 Å². The van der Waals surface area contributed by atoms with Gasteiger partial charge in [-0.25, -0.2) is 4.79 Å². The molecule has 2 saturated heterocycles. The van der Waals surface area contributed by atoms with E-state index in [-0.39, 0.29) is 17.6 Å². The van der Waals surface area contributed by atoms with E-state index in [0.29, 0.717) is 19.1 Å². The molecule has 2 N–H and O–H groups in total. The molecule has 2 atom stereocenters. The van der Waals surface area contributed by atoms with Gasteiger partial charge in [0.05, 0.1) is 12.7 Å². The summed E-state index contributed by atoms with van der Waals surface area (Å²) in [4.78, 5) is 15.8. The molecule has 23 heavy (non-hydrogen) atoms. The maximum Gasteiger partial charge on any atom is 0.314 e. The minimum atomic E-state index is -0.109. The Bertz CT molecular complexity index is 518. The summed E-state index contributed by atoms with van der Waals surface area (Å²) in [6, 6.07) is 4.66. The number of ether oxygens (including phenoxy) is 1. The summed E-state index contributed by atoms with van der Waals surface area (Å²) >= 11 is 1.73. The van der Waals surface area contributed by atoms with E-state index in [1.165, 1.54) is 24.3 Å². The Labute approximate surface area is 142 Å². The van der Waals surface area contributed by atoms with E-state index in [1.54, 1.807) is 11.3 Å². The molecule has 6 heteroatoms. The maximum absolute atomic E-state index is 12.0. The first kappa shape index (κ1) is 16.7. The summed E-state index contributed by atoms with van der Waals surface area (Å²) < 4.78 is 5.86. The molecule has 1 aromatic heterocycles. The van der Waals surface area contributed by atoms with Gasteiger partial charge in [0.15, 0.2) is 0 Å². The number of nitrogens with zero attached hydrogens (tertiary/aromatic N) is 1. The van der Waals surface area contributed by atoms with Crippen molar-refractivity contribution in [2.75, 3.05) is 32.8 Å². The molecule has 128 valence electrons. The molecule has 0 bridgehead atoms. The second-order valence-electron chi connectivity index (χ2n) is 7.17. The van der Waals surface area contributed by atoms with Gasteiger partial charge >= 0.3 is 6.03 Å². The van der Waals surface area contributed by atoms with Crippen LogP contribution in [0.15, 0.2) is 17.5 Å². The topological polar surface area (TPSA) is 53.6 Å². The number of urea groups is 1. The van der Waals surface area contributed by atoms with Gasteiger partial charge in [-0.15, -0.1) is 11.3 Å². The van der Waals surface area contributed by atoms with Crippen LogP contribution in [-0.4, -0.2) is 55.9 Å². The summed E-state index contributed by atoms with van der Waals surface area (Å²) in [5, 5.41) is 8.01. The summed E-state index contributed by atoms with van der Waals surface area (Å²) in [6.07, 6.45) is 2.63. The maximum atomic E-state index is 12.0. The number of hydrogen-bond acceptors (Lipinski definition) is 4. The molecule has 0 saturated carbocycles.